The van der Waals surface area contributed by atoms with Gasteiger partial charge in [0, 0.05) is 37.4 Å². The zero-order valence-corrected chi connectivity index (χ0v) is 28.8. The third-order valence-electron chi connectivity index (χ3n) is 7.37. The van der Waals surface area contributed by atoms with Gasteiger partial charge in [0.05, 0.1) is 43.1 Å². The summed E-state index contributed by atoms with van der Waals surface area (Å²) >= 11 is 5.82. The van der Waals surface area contributed by atoms with E-state index in [0.717, 1.165) is 17.9 Å². The van der Waals surface area contributed by atoms with Crippen molar-refractivity contribution in [1.82, 2.24) is 20.6 Å². The minimum Gasteiger partial charge on any atom is -0.481 e. The summed E-state index contributed by atoms with van der Waals surface area (Å²) in [6.45, 7) is 3.40. The Bertz CT molecular complexity index is 1600. The minimum atomic E-state index is -3.93. The molecular formula is C32H41ClN4O11S. The van der Waals surface area contributed by atoms with Crippen LogP contribution in [-0.2, 0) is 56.4 Å². The number of imidazole rings is 1. The normalized spacial score (nSPS) is 14.3. The number of carboxylic acid groups (broad SMARTS) is 2. The quantitative estimate of drug-likeness (QED) is 0.117. The Balaban J connectivity index is 2.28. The van der Waals surface area contributed by atoms with Gasteiger partial charge in [-0.15, -0.1) is 0 Å². The van der Waals surface area contributed by atoms with E-state index >= 15 is 0 Å². The van der Waals surface area contributed by atoms with Crippen LogP contribution in [0.1, 0.15) is 57.2 Å². The molecule has 2 rings (SSSR count). The van der Waals surface area contributed by atoms with Crippen molar-refractivity contribution in [3.63, 3.8) is 0 Å². The first-order valence-electron chi connectivity index (χ1n) is 15.3. The molecule has 4 atom stereocenters. The molecule has 1 aromatic carbocycles. The predicted molar refractivity (Wildman–Crippen MR) is 176 cm³/mol. The van der Waals surface area contributed by atoms with Gasteiger partial charge in [-0.05, 0) is 24.0 Å². The molecule has 2 amide bonds. The first-order valence-corrected chi connectivity index (χ1v) is 17.5. The molecule has 1 aromatic heterocycles. The number of amides is 2. The number of carboxylic acids is 2. The van der Waals surface area contributed by atoms with Crippen molar-refractivity contribution < 1.29 is 52.1 Å². The SMILES string of the molecule is CC(C)[C@H](CC(=O)OCc1ccccc1)C(=O)N[C@@H](CCC(=O)O)C(=O)C[C@@H](Cc1cnc[nH]1)C(=O)N[C@H](/C=C(\Cl)S(C)(=O)=O)CC(=O)O. The Morgan fingerprint density at radius 2 is 1.65 bits per heavy atom. The van der Waals surface area contributed by atoms with Gasteiger partial charge in [0.1, 0.15) is 11.0 Å². The Hall–Kier alpha value is -4.57. The van der Waals surface area contributed by atoms with Gasteiger partial charge < -0.3 is 30.6 Å². The first kappa shape index (κ1) is 40.6. The van der Waals surface area contributed by atoms with Crippen LogP contribution in [0.4, 0.5) is 0 Å². The molecule has 0 aliphatic heterocycles. The highest BCUT2D eigenvalue weighted by molar-refractivity contribution is 7.96. The third kappa shape index (κ3) is 15.0. The number of H-pyrrole nitrogens is 1. The van der Waals surface area contributed by atoms with E-state index in [-0.39, 0.29) is 31.8 Å². The molecular weight excluding hydrogens is 684 g/mol. The predicted octanol–water partition coefficient (Wildman–Crippen LogP) is 2.37. The van der Waals surface area contributed by atoms with Crippen LogP contribution in [0.2, 0.25) is 0 Å². The lowest BCUT2D eigenvalue weighted by molar-refractivity contribution is -0.149. The number of nitrogens with one attached hydrogen (secondary N) is 3. The summed E-state index contributed by atoms with van der Waals surface area (Å²) in [5, 5.41) is 23.6. The van der Waals surface area contributed by atoms with Crippen molar-refractivity contribution >= 4 is 56.9 Å². The van der Waals surface area contributed by atoms with Crippen LogP contribution in [0.5, 0.6) is 0 Å². The van der Waals surface area contributed by atoms with E-state index in [0.29, 0.717) is 5.69 Å². The number of carbonyl (C=O) groups excluding carboxylic acids is 4. The number of sulfone groups is 1. The van der Waals surface area contributed by atoms with Gasteiger partial charge in [0.25, 0.3) is 0 Å². The van der Waals surface area contributed by atoms with E-state index < -0.39 is 92.9 Å². The average molecular weight is 725 g/mol. The number of aliphatic carboxylic acids is 2. The van der Waals surface area contributed by atoms with Crippen molar-refractivity contribution in [3.05, 3.63) is 64.6 Å². The zero-order chi connectivity index (χ0) is 36.7. The number of benzene rings is 1. The number of aromatic amines is 1. The number of halogens is 1. The molecule has 0 aliphatic rings. The van der Waals surface area contributed by atoms with Crippen LogP contribution in [0.25, 0.3) is 0 Å². The maximum atomic E-state index is 13.7. The standard InChI is InChI=1S/C32H41ClN4O11S/c1-19(2)24(15-30(43)48-17-20-7-5-4-6-8-20)32(45)37-25(9-10-28(39)40)26(38)12-21(11-23-16-34-18-35-23)31(44)36-22(14-29(41)42)13-27(33)49(3,46)47/h4-8,13,16,18-19,21-22,24-25H,9-12,14-15,17H2,1-3H3,(H,34,35)(H,36,44)(H,37,45)(H,39,40)(H,41,42)/b27-13+/t21-,22-,24+,25+/m1/s1. The molecule has 2 aromatic rings. The Morgan fingerprint density at radius 3 is 2.20 bits per heavy atom. The highest BCUT2D eigenvalue weighted by Crippen LogP contribution is 2.20. The number of rotatable bonds is 21. The molecule has 0 saturated carbocycles. The smallest absolute Gasteiger partial charge is 0.306 e. The van der Waals surface area contributed by atoms with Crippen LogP contribution in [0.3, 0.4) is 0 Å². The number of ether oxygens (including phenoxy) is 1. The van der Waals surface area contributed by atoms with E-state index in [4.69, 9.17) is 16.3 Å². The lowest BCUT2D eigenvalue weighted by atomic mass is 9.89. The second kappa shape index (κ2) is 19.4. The zero-order valence-electron chi connectivity index (χ0n) is 27.3. The Labute approximate surface area is 288 Å². The van der Waals surface area contributed by atoms with Gasteiger partial charge in [-0.25, -0.2) is 13.4 Å². The van der Waals surface area contributed by atoms with E-state index in [9.17, 15) is 47.4 Å². The molecule has 0 saturated heterocycles. The Kier molecular flexibility index (Phi) is 16.1. The maximum absolute atomic E-state index is 13.7. The van der Waals surface area contributed by atoms with Gasteiger partial charge in [0.15, 0.2) is 15.6 Å². The summed E-state index contributed by atoms with van der Waals surface area (Å²) in [6, 6.07) is 6.18. The number of carbonyl (C=O) groups is 6. The summed E-state index contributed by atoms with van der Waals surface area (Å²) in [5.74, 6) is -8.01. The second-order valence-corrected chi connectivity index (χ2v) is 14.4. The fourth-order valence-electron chi connectivity index (χ4n) is 4.69. The van der Waals surface area contributed by atoms with E-state index in [1.165, 1.54) is 12.5 Å². The van der Waals surface area contributed by atoms with E-state index in [2.05, 4.69) is 20.6 Å². The number of aromatic nitrogens is 2. The molecule has 0 aliphatic carbocycles. The molecule has 15 nitrogen and oxygen atoms in total. The summed E-state index contributed by atoms with van der Waals surface area (Å²) in [4.78, 5) is 82.8. The summed E-state index contributed by atoms with van der Waals surface area (Å²) < 4.78 is 28.3. The Morgan fingerprint density at radius 1 is 0.980 bits per heavy atom. The second-order valence-electron chi connectivity index (χ2n) is 11.8. The van der Waals surface area contributed by atoms with Crippen LogP contribution in [-0.4, -0.2) is 82.4 Å². The molecule has 1 heterocycles. The van der Waals surface area contributed by atoms with Gasteiger partial charge in [-0.3, -0.25) is 28.8 Å². The van der Waals surface area contributed by atoms with Gasteiger partial charge in [-0.1, -0.05) is 55.8 Å². The molecule has 0 fully saturated rings. The highest BCUT2D eigenvalue weighted by Gasteiger charge is 2.33. The highest BCUT2D eigenvalue weighted by atomic mass is 35.5. The summed E-state index contributed by atoms with van der Waals surface area (Å²) in [7, 11) is -3.93. The molecule has 49 heavy (non-hydrogen) atoms. The summed E-state index contributed by atoms with van der Waals surface area (Å²) in [6.07, 6.45) is 1.88. The van der Waals surface area contributed by atoms with Crippen molar-refractivity contribution in [3.8, 4) is 0 Å². The third-order valence-corrected chi connectivity index (χ3v) is 9.18. The number of hydrogen-bond acceptors (Lipinski definition) is 10. The largest absolute Gasteiger partial charge is 0.481 e. The maximum Gasteiger partial charge on any atom is 0.306 e. The number of nitrogens with zero attached hydrogens (tertiary/aromatic N) is 1. The fourth-order valence-corrected chi connectivity index (χ4v) is 5.26. The minimum absolute atomic E-state index is 0.00477. The van der Waals surface area contributed by atoms with Crippen molar-refractivity contribution in [2.75, 3.05) is 6.26 Å². The number of Topliss-reactive ketones (excluding diaryl/α,β-unsaturated/α-hetero) is 1. The van der Waals surface area contributed by atoms with E-state index in [1.54, 1.807) is 38.1 Å². The molecule has 0 bridgehead atoms. The molecule has 0 unspecified atom stereocenters. The first-order chi connectivity index (χ1) is 23.0. The van der Waals surface area contributed by atoms with Crippen molar-refractivity contribution in [2.45, 2.75) is 71.1 Å². The molecule has 268 valence electrons. The van der Waals surface area contributed by atoms with Gasteiger partial charge in [-0.2, -0.15) is 0 Å². The number of ketones is 1. The van der Waals surface area contributed by atoms with Crippen molar-refractivity contribution in [2.24, 2.45) is 17.8 Å². The summed E-state index contributed by atoms with van der Waals surface area (Å²) in [5.41, 5.74) is 1.17. The number of esters is 1. The van der Waals surface area contributed by atoms with Gasteiger partial charge >= 0.3 is 17.9 Å². The molecule has 0 radical (unpaired) electrons. The monoisotopic (exact) mass is 724 g/mol. The van der Waals surface area contributed by atoms with Crippen LogP contribution in [0, 0.1) is 17.8 Å². The number of hydrogen-bond donors (Lipinski definition) is 5. The van der Waals surface area contributed by atoms with E-state index in [1.807, 2.05) is 6.07 Å². The van der Waals surface area contributed by atoms with Crippen LogP contribution < -0.4 is 10.6 Å². The molecule has 17 heteroatoms. The topological polar surface area (TPSA) is 239 Å². The van der Waals surface area contributed by atoms with Gasteiger partial charge in [0.2, 0.25) is 11.8 Å². The lowest BCUT2D eigenvalue weighted by Crippen LogP contribution is -2.47. The van der Waals surface area contributed by atoms with Crippen molar-refractivity contribution in [1.29, 1.82) is 0 Å². The van der Waals surface area contributed by atoms with Crippen LogP contribution in [0.15, 0.2) is 53.3 Å². The molecule has 0 spiro atoms. The fraction of sp³-hybridized carbons (Fsp3) is 0.469. The molecule has 5 N–H and O–H groups in total. The van der Waals surface area contributed by atoms with Crippen LogP contribution >= 0.6 is 11.6 Å². The average Bonchev–Trinajstić information content (AvgIpc) is 3.53. The lowest BCUT2D eigenvalue weighted by Gasteiger charge is -2.25.